The monoisotopic (exact) mass is 401 g/mol. The lowest BCUT2D eigenvalue weighted by molar-refractivity contribution is -0.134. The molecule has 2 N–H and O–H groups in total. The molecule has 8 nitrogen and oxygen atoms in total. The Kier molecular flexibility index (Phi) is 5.10. The van der Waals surface area contributed by atoms with Gasteiger partial charge in [0.15, 0.2) is 0 Å². The molecule has 2 heterocycles. The molecular weight excluding hydrogens is 374 g/mol. The van der Waals surface area contributed by atoms with E-state index in [2.05, 4.69) is 10.6 Å². The number of carbonyl (C=O) groups is 3. The van der Waals surface area contributed by atoms with Gasteiger partial charge in [-0.2, -0.15) is 0 Å². The molecule has 0 radical (unpaired) electrons. The van der Waals surface area contributed by atoms with Crippen molar-refractivity contribution in [2.45, 2.75) is 64.1 Å². The number of fused-ring (bicyclic) bond motifs is 1. The second-order valence-corrected chi connectivity index (χ2v) is 8.02. The summed E-state index contributed by atoms with van der Waals surface area (Å²) in [5.74, 6) is 0.845. The van der Waals surface area contributed by atoms with Gasteiger partial charge in [-0.3, -0.25) is 14.5 Å². The first kappa shape index (κ1) is 19.5. The van der Waals surface area contributed by atoms with Gasteiger partial charge < -0.3 is 20.1 Å². The summed E-state index contributed by atoms with van der Waals surface area (Å²) in [7, 11) is 0. The summed E-state index contributed by atoms with van der Waals surface area (Å²) in [5, 5.41) is 5.59. The van der Waals surface area contributed by atoms with E-state index in [1.54, 1.807) is 0 Å². The predicted molar refractivity (Wildman–Crippen MR) is 105 cm³/mol. The largest absolute Gasteiger partial charge is 0.494 e. The van der Waals surface area contributed by atoms with E-state index in [1.807, 2.05) is 26.0 Å². The molecular formula is C21H27N3O5. The molecule has 1 spiro atoms. The molecule has 2 fully saturated rings. The van der Waals surface area contributed by atoms with Gasteiger partial charge in [-0.25, -0.2) is 4.79 Å². The van der Waals surface area contributed by atoms with Crippen LogP contribution in [0.2, 0.25) is 0 Å². The molecule has 8 heteroatoms. The third-order valence-corrected chi connectivity index (χ3v) is 5.86. The van der Waals surface area contributed by atoms with Crippen LogP contribution in [0.15, 0.2) is 12.1 Å². The average molecular weight is 401 g/mol. The zero-order chi connectivity index (χ0) is 20.6. The number of imide groups is 1. The van der Waals surface area contributed by atoms with Crippen molar-refractivity contribution >= 4 is 17.8 Å². The smallest absolute Gasteiger partial charge is 0.325 e. The summed E-state index contributed by atoms with van der Waals surface area (Å²) < 4.78 is 11.5. The lowest BCUT2D eigenvalue weighted by Gasteiger charge is -2.20. The van der Waals surface area contributed by atoms with Gasteiger partial charge in [-0.15, -0.1) is 0 Å². The lowest BCUT2D eigenvalue weighted by Crippen LogP contribution is -2.45. The maximum absolute atomic E-state index is 12.7. The Morgan fingerprint density at radius 3 is 2.83 bits per heavy atom. The molecule has 1 aliphatic carbocycles. The summed E-state index contributed by atoms with van der Waals surface area (Å²) in [6.45, 7) is 4.38. The topological polar surface area (TPSA) is 97.0 Å². The SMILES string of the molecule is CCOc1cc2c(cc1CNC(=O)CN1C(=O)NC3(CCCC3)C1=O)O[C@@H](C)C2. The van der Waals surface area contributed by atoms with Crippen LogP contribution in [-0.4, -0.2) is 47.5 Å². The first-order chi connectivity index (χ1) is 13.9. The van der Waals surface area contributed by atoms with Gasteiger partial charge >= 0.3 is 6.03 Å². The molecule has 0 unspecified atom stereocenters. The van der Waals surface area contributed by atoms with Crippen molar-refractivity contribution < 1.29 is 23.9 Å². The number of ether oxygens (including phenoxy) is 2. The van der Waals surface area contributed by atoms with Gasteiger partial charge in [-0.1, -0.05) is 12.8 Å². The van der Waals surface area contributed by atoms with Gasteiger partial charge in [0.2, 0.25) is 5.91 Å². The molecule has 0 aromatic heterocycles. The van der Waals surface area contributed by atoms with Crippen molar-refractivity contribution in [1.29, 1.82) is 0 Å². The summed E-state index contributed by atoms with van der Waals surface area (Å²) in [6, 6.07) is 3.37. The Balaban J connectivity index is 1.40. The van der Waals surface area contributed by atoms with E-state index in [1.165, 1.54) is 0 Å². The average Bonchev–Trinajstić information content (AvgIpc) is 3.34. The van der Waals surface area contributed by atoms with E-state index >= 15 is 0 Å². The fourth-order valence-electron chi connectivity index (χ4n) is 4.44. The van der Waals surface area contributed by atoms with E-state index in [0.29, 0.717) is 25.2 Å². The number of nitrogens with zero attached hydrogens (tertiary/aromatic N) is 1. The second-order valence-electron chi connectivity index (χ2n) is 8.02. The Bertz CT molecular complexity index is 847. The molecule has 4 amide bonds. The summed E-state index contributed by atoms with van der Waals surface area (Å²) in [6.07, 6.45) is 4.04. The molecule has 1 aromatic carbocycles. The maximum atomic E-state index is 12.7. The molecule has 156 valence electrons. The summed E-state index contributed by atoms with van der Waals surface area (Å²) >= 11 is 0. The lowest BCUT2D eigenvalue weighted by atomic mass is 9.98. The standard InChI is InChI=1S/C21H27N3O5/c1-3-28-16-9-14-8-13(2)29-17(14)10-15(16)11-22-18(25)12-24-19(26)21(23-20(24)27)6-4-5-7-21/h9-10,13H,3-8,11-12H2,1-2H3,(H,22,25)(H,23,27)/t13-/m0/s1. The van der Waals surface area contributed by atoms with E-state index in [9.17, 15) is 14.4 Å². The van der Waals surface area contributed by atoms with Crippen LogP contribution in [-0.2, 0) is 22.6 Å². The Hall–Kier alpha value is -2.77. The third-order valence-electron chi connectivity index (χ3n) is 5.86. The third kappa shape index (κ3) is 3.63. The van der Waals surface area contributed by atoms with Crippen LogP contribution in [0.1, 0.15) is 50.7 Å². The van der Waals surface area contributed by atoms with E-state index in [-0.39, 0.29) is 31.0 Å². The first-order valence-corrected chi connectivity index (χ1v) is 10.3. The molecule has 0 bridgehead atoms. The van der Waals surface area contributed by atoms with Crippen LogP contribution < -0.4 is 20.1 Å². The number of hydrogen-bond donors (Lipinski definition) is 2. The number of urea groups is 1. The van der Waals surface area contributed by atoms with Crippen LogP contribution in [0.5, 0.6) is 11.5 Å². The summed E-state index contributed by atoms with van der Waals surface area (Å²) in [5.41, 5.74) is 1.10. The Morgan fingerprint density at radius 1 is 1.34 bits per heavy atom. The van der Waals surface area contributed by atoms with Gasteiger partial charge in [0.1, 0.15) is 29.7 Å². The predicted octanol–water partition coefficient (Wildman–Crippen LogP) is 1.89. The molecule has 3 aliphatic rings. The minimum atomic E-state index is -0.798. The quantitative estimate of drug-likeness (QED) is 0.710. The minimum Gasteiger partial charge on any atom is -0.494 e. The maximum Gasteiger partial charge on any atom is 0.325 e. The number of nitrogens with one attached hydrogen (secondary N) is 2. The van der Waals surface area contributed by atoms with E-state index in [4.69, 9.17) is 9.47 Å². The number of rotatable bonds is 6. The number of amides is 4. The molecule has 1 aromatic rings. The highest BCUT2D eigenvalue weighted by Crippen LogP contribution is 2.36. The van der Waals surface area contributed by atoms with Gasteiger partial charge in [-0.05, 0) is 38.8 Å². The minimum absolute atomic E-state index is 0.118. The van der Waals surface area contributed by atoms with Crippen molar-refractivity contribution in [3.8, 4) is 11.5 Å². The van der Waals surface area contributed by atoms with Crippen LogP contribution in [0, 0.1) is 0 Å². The van der Waals surface area contributed by atoms with Crippen molar-refractivity contribution in [1.82, 2.24) is 15.5 Å². The molecule has 1 atom stereocenters. The molecule has 1 saturated carbocycles. The Morgan fingerprint density at radius 2 is 2.10 bits per heavy atom. The number of carbonyl (C=O) groups excluding carboxylic acids is 3. The van der Waals surface area contributed by atoms with Gasteiger partial charge in [0.25, 0.3) is 5.91 Å². The van der Waals surface area contributed by atoms with E-state index in [0.717, 1.165) is 41.0 Å². The van der Waals surface area contributed by atoms with Gasteiger partial charge in [0, 0.05) is 24.1 Å². The molecule has 2 aliphatic heterocycles. The fraction of sp³-hybridized carbons (Fsp3) is 0.571. The van der Waals surface area contributed by atoms with Crippen molar-refractivity contribution in [3.05, 3.63) is 23.3 Å². The van der Waals surface area contributed by atoms with Gasteiger partial charge in [0.05, 0.1) is 6.61 Å². The van der Waals surface area contributed by atoms with Crippen LogP contribution >= 0.6 is 0 Å². The number of benzene rings is 1. The fourth-order valence-corrected chi connectivity index (χ4v) is 4.44. The van der Waals surface area contributed by atoms with Crippen molar-refractivity contribution in [3.63, 3.8) is 0 Å². The van der Waals surface area contributed by atoms with Crippen LogP contribution in [0.3, 0.4) is 0 Å². The zero-order valence-electron chi connectivity index (χ0n) is 16.9. The normalized spacial score (nSPS) is 21.9. The van der Waals surface area contributed by atoms with Crippen LogP contribution in [0.25, 0.3) is 0 Å². The van der Waals surface area contributed by atoms with Crippen molar-refractivity contribution in [2.24, 2.45) is 0 Å². The number of hydrogen-bond acceptors (Lipinski definition) is 5. The second kappa shape index (κ2) is 7.57. The van der Waals surface area contributed by atoms with Crippen LogP contribution in [0.4, 0.5) is 4.79 Å². The highest BCUT2D eigenvalue weighted by atomic mass is 16.5. The first-order valence-electron chi connectivity index (χ1n) is 10.3. The highest BCUT2D eigenvalue weighted by molar-refractivity contribution is 6.09. The summed E-state index contributed by atoms with van der Waals surface area (Å²) in [4.78, 5) is 38.4. The molecule has 1 saturated heterocycles. The Labute approximate surface area is 169 Å². The van der Waals surface area contributed by atoms with Crippen molar-refractivity contribution in [2.75, 3.05) is 13.2 Å². The zero-order valence-corrected chi connectivity index (χ0v) is 16.9. The molecule has 29 heavy (non-hydrogen) atoms. The van der Waals surface area contributed by atoms with E-state index < -0.39 is 11.6 Å². The highest BCUT2D eigenvalue weighted by Gasteiger charge is 2.52. The molecule has 4 rings (SSSR count).